The first kappa shape index (κ1) is 14.1. The molecular weight excluding hydrogens is 194 g/mol. The van der Waals surface area contributed by atoms with Crippen molar-refractivity contribution >= 4 is 5.97 Å². The number of carbonyl (C=O) groups is 1. The van der Waals surface area contributed by atoms with Crippen LogP contribution in [-0.4, -0.2) is 38.9 Å². The third-order valence-corrected chi connectivity index (χ3v) is 1.79. The van der Waals surface area contributed by atoms with Crippen LogP contribution in [0.1, 0.15) is 20.3 Å². The second kappa shape index (κ2) is 8.44. The molecule has 0 amide bonds. The molecule has 0 radical (unpaired) electrons. The van der Waals surface area contributed by atoms with Crippen LogP contribution in [0.3, 0.4) is 0 Å². The van der Waals surface area contributed by atoms with Crippen LogP contribution in [-0.2, 0) is 14.3 Å². The van der Waals surface area contributed by atoms with Gasteiger partial charge in [-0.15, -0.1) is 0 Å². The second-order valence-electron chi connectivity index (χ2n) is 3.65. The van der Waals surface area contributed by atoms with Gasteiger partial charge >= 0.3 is 5.97 Å². The summed E-state index contributed by atoms with van der Waals surface area (Å²) < 4.78 is 9.86. The number of hydrogen-bond acceptors (Lipinski definition) is 4. The molecule has 88 valence electrons. The van der Waals surface area contributed by atoms with Gasteiger partial charge in [0.1, 0.15) is 0 Å². The van der Waals surface area contributed by atoms with Crippen LogP contribution in [0.25, 0.3) is 0 Å². The Hall–Kier alpha value is -0.870. The van der Waals surface area contributed by atoms with Gasteiger partial charge in [-0.05, 0) is 13.8 Å². The minimum Gasteiger partial charge on any atom is -0.469 e. The molecule has 0 spiro atoms. The van der Waals surface area contributed by atoms with Crippen LogP contribution in [0.4, 0.5) is 0 Å². The first-order valence-electron chi connectivity index (χ1n) is 5.08. The molecule has 1 atom stereocenters. The lowest BCUT2D eigenvalue weighted by Gasteiger charge is -2.12. The van der Waals surface area contributed by atoms with Gasteiger partial charge in [0.05, 0.1) is 26.7 Å². The van der Waals surface area contributed by atoms with Crippen LogP contribution >= 0.6 is 0 Å². The van der Waals surface area contributed by atoms with Crippen molar-refractivity contribution < 1.29 is 14.3 Å². The standard InChI is InChI=1S/C11H21NO3/c1-9(2)8-15-6-5-12-10(3)7-11(13)14-4/h10,12H,1,5-8H2,2-4H3. The van der Waals surface area contributed by atoms with Crippen molar-refractivity contribution in [2.24, 2.45) is 0 Å². The molecule has 0 saturated carbocycles. The van der Waals surface area contributed by atoms with Crippen molar-refractivity contribution in [1.82, 2.24) is 5.32 Å². The number of rotatable bonds is 8. The molecule has 1 N–H and O–H groups in total. The average Bonchev–Trinajstić information content (AvgIpc) is 2.16. The van der Waals surface area contributed by atoms with Crippen molar-refractivity contribution in [2.75, 3.05) is 26.9 Å². The Bertz CT molecular complexity index is 204. The summed E-state index contributed by atoms with van der Waals surface area (Å²) in [6.45, 7) is 9.54. The number of ether oxygens (including phenoxy) is 2. The molecule has 0 aromatic heterocycles. The van der Waals surface area contributed by atoms with E-state index in [1.54, 1.807) is 0 Å². The predicted molar refractivity (Wildman–Crippen MR) is 59.7 cm³/mol. The fourth-order valence-corrected chi connectivity index (χ4v) is 1.03. The highest BCUT2D eigenvalue weighted by Crippen LogP contribution is 1.92. The van der Waals surface area contributed by atoms with Crippen LogP contribution in [0.2, 0.25) is 0 Å². The molecular formula is C11H21NO3. The van der Waals surface area contributed by atoms with Crippen molar-refractivity contribution in [3.8, 4) is 0 Å². The Morgan fingerprint density at radius 2 is 2.20 bits per heavy atom. The maximum atomic E-state index is 10.9. The summed E-state index contributed by atoms with van der Waals surface area (Å²) in [5.74, 6) is -0.196. The van der Waals surface area contributed by atoms with Gasteiger partial charge in [-0.2, -0.15) is 0 Å². The molecule has 0 aliphatic heterocycles. The third kappa shape index (κ3) is 9.43. The SMILES string of the molecule is C=C(C)COCCNC(C)CC(=O)OC. The average molecular weight is 215 g/mol. The Kier molecular flexibility index (Phi) is 7.95. The molecule has 0 bridgehead atoms. The van der Waals surface area contributed by atoms with Crippen LogP contribution in [0.5, 0.6) is 0 Å². The summed E-state index contributed by atoms with van der Waals surface area (Å²) in [7, 11) is 1.39. The molecule has 4 nitrogen and oxygen atoms in total. The van der Waals surface area contributed by atoms with E-state index in [4.69, 9.17) is 4.74 Å². The summed E-state index contributed by atoms with van der Waals surface area (Å²) in [5.41, 5.74) is 1.01. The maximum Gasteiger partial charge on any atom is 0.307 e. The van der Waals surface area contributed by atoms with Gasteiger partial charge in [-0.1, -0.05) is 12.2 Å². The predicted octanol–water partition coefficient (Wildman–Crippen LogP) is 1.12. The fraction of sp³-hybridized carbons (Fsp3) is 0.727. The van der Waals surface area contributed by atoms with Gasteiger partial charge in [0, 0.05) is 12.6 Å². The van der Waals surface area contributed by atoms with E-state index in [1.807, 2.05) is 13.8 Å². The summed E-state index contributed by atoms with van der Waals surface area (Å²) in [4.78, 5) is 10.9. The Morgan fingerprint density at radius 1 is 1.53 bits per heavy atom. The third-order valence-electron chi connectivity index (χ3n) is 1.79. The molecule has 0 aromatic carbocycles. The minimum absolute atomic E-state index is 0.117. The second-order valence-corrected chi connectivity index (χ2v) is 3.65. The summed E-state index contributed by atoms with van der Waals surface area (Å²) in [6, 6.07) is 0.117. The molecule has 0 fully saturated rings. The van der Waals surface area contributed by atoms with Crippen molar-refractivity contribution in [1.29, 1.82) is 0 Å². The Morgan fingerprint density at radius 3 is 2.73 bits per heavy atom. The van der Waals surface area contributed by atoms with E-state index < -0.39 is 0 Å². The van der Waals surface area contributed by atoms with E-state index in [9.17, 15) is 4.79 Å². The Balaban J connectivity index is 3.35. The van der Waals surface area contributed by atoms with Gasteiger partial charge in [-0.25, -0.2) is 0 Å². The number of esters is 1. The largest absolute Gasteiger partial charge is 0.469 e. The minimum atomic E-state index is -0.196. The van der Waals surface area contributed by atoms with Gasteiger partial charge in [0.15, 0.2) is 0 Å². The number of nitrogens with one attached hydrogen (secondary N) is 1. The molecule has 0 aromatic rings. The number of methoxy groups -OCH3 is 1. The quantitative estimate of drug-likeness (QED) is 0.374. The van der Waals surface area contributed by atoms with E-state index in [1.165, 1.54) is 7.11 Å². The van der Waals surface area contributed by atoms with Gasteiger partial charge in [0.2, 0.25) is 0 Å². The van der Waals surface area contributed by atoms with E-state index in [0.29, 0.717) is 19.6 Å². The molecule has 0 heterocycles. The normalized spacial score (nSPS) is 12.2. The van der Waals surface area contributed by atoms with Crippen LogP contribution < -0.4 is 5.32 Å². The highest BCUT2D eigenvalue weighted by atomic mass is 16.5. The Labute approximate surface area is 91.6 Å². The molecule has 0 aliphatic carbocycles. The van der Waals surface area contributed by atoms with Crippen molar-refractivity contribution in [2.45, 2.75) is 26.3 Å². The topological polar surface area (TPSA) is 47.6 Å². The van der Waals surface area contributed by atoms with Gasteiger partial charge in [-0.3, -0.25) is 4.79 Å². The summed E-state index contributed by atoms with van der Waals surface area (Å²) >= 11 is 0. The first-order chi connectivity index (χ1) is 7.06. The molecule has 0 aliphatic rings. The lowest BCUT2D eigenvalue weighted by atomic mass is 10.2. The molecule has 0 saturated heterocycles. The van der Waals surface area contributed by atoms with E-state index >= 15 is 0 Å². The van der Waals surface area contributed by atoms with E-state index in [-0.39, 0.29) is 12.0 Å². The zero-order chi connectivity index (χ0) is 11.7. The lowest BCUT2D eigenvalue weighted by molar-refractivity contribution is -0.141. The van der Waals surface area contributed by atoms with Crippen molar-refractivity contribution in [3.05, 3.63) is 12.2 Å². The maximum absolute atomic E-state index is 10.9. The highest BCUT2D eigenvalue weighted by molar-refractivity contribution is 5.69. The molecule has 15 heavy (non-hydrogen) atoms. The van der Waals surface area contributed by atoms with Gasteiger partial charge in [0.25, 0.3) is 0 Å². The fourth-order valence-electron chi connectivity index (χ4n) is 1.03. The highest BCUT2D eigenvalue weighted by Gasteiger charge is 2.07. The monoisotopic (exact) mass is 215 g/mol. The van der Waals surface area contributed by atoms with Crippen LogP contribution in [0, 0.1) is 0 Å². The first-order valence-corrected chi connectivity index (χ1v) is 5.08. The summed E-state index contributed by atoms with van der Waals surface area (Å²) in [5, 5.41) is 3.17. The van der Waals surface area contributed by atoms with Crippen molar-refractivity contribution in [3.63, 3.8) is 0 Å². The smallest absolute Gasteiger partial charge is 0.307 e. The zero-order valence-corrected chi connectivity index (χ0v) is 9.84. The zero-order valence-electron chi connectivity index (χ0n) is 9.84. The summed E-state index contributed by atoms with van der Waals surface area (Å²) in [6.07, 6.45) is 0.386. The molecule has 0 rings (SSSR count). The lowest BCUT2D eigenvalue weighted by Crippen LogP contribution is -2.31. The number of carbonyl (C=O) groups excluding carboxylic acids is 1. The molecule has 4 heteroatoms. The van der Waals surface area contributed by atoms with E-state index in [2.05, 4.69) is 16.6 Å². The number of hydrogen-bond donors (Lipinski definition) is 1. The van der Waals surface area contributed by atoms with E-state index in [0.717, 1.165) is 12.1 Å². The van der Waals surface area contributed by atoms with Crippen LogP contribution in [0.15, 0.2) is 12.2 Å². The van der Waals surface area contributed by atoms with Gasteiger partial charge < -0.3 is 14.8 Å². The molecule has 1 unspecified atom stereocenters.